The maximum atomic E-state index is 2.57. The topological polar surface area (TPSA) is 14.8 Å². The van der Waals surface area contributed by atoms with Crippen molar-refractivity contribution < 1.29 is 0 Å². The number of fused-ring (bicyclic) bond motifs is 9. The van der Waals surface area contributed by atoms with Crippen LogP contribution in [0, 0.1) is 0 Å². The predicted molar refractivity (Wildman–Crippen MR) is 299 cm³/mol. The number of hydrogen-bond acceptors (Lipinski definition) is 0. The zero-order chi connectivity index (χ0) is 46.2. The molecule has 0 spiro atoms. The molecule has 0 saturated carbocycles. The van der Waals surface area contributed by atoms with E-state index in [0.717, 1.165) is 22.6 Å². The number of rotatable bonds is 8. The van der Waals surface area contributed by atoms with Gasteiger partial charge in [0.15, 0.2) is 0 Å². The third-order valence-electron chi connectivity index (χ3n) is 14.8. The molecular weight excluding hydrogens is 907 g/mol. The molecule has 14 aromatic rings. The quantitative estimate of drug-likeness (QED) is 0.135. The number of aromatic nitrogens is 3. The Bertz CT molecular complexity index is 4090. The first-order valence-corrected chi connectivity index (χ1v) is 28.4. The van der Waals surface area contributed by atoms with Crippen molar-refractivity contribution in [2.45, 2.75) is 0 Å². The molecule has 0 unspecified atom stereocenters. The minimum atomic E-state index is -3.67. The summed E-state index contributed by atoms with van der Waals surface area (Å²) in [5.74, 6) is 0. The van der Waals surface area contributed by atoms with Crippen molar-refractivity contribution in [1.82, 2.24) is 13.7 Å². The molecular formula is C66H45GeN3. The van der Waals surface area contributed by atoms with Crippen LogP contribution in [-0.4, -0.2) is 27.0 Å². The third kappa shape index (κ3) is 6.01. The van der Waals surface area contributed by atoms with Crippen molar-refractivity contribution >= 4 is 96.3 Å². The zero-order valence-corrected chi connectivity index (χ0v) is 40.4. The molecule has 3 aromatic heterocycles. The van der Waals surface area contributed by atoms with E-state index in [1.165, 1.54) is 88.6 Å². The fourth-order valence-corrected chi connectivity index (χ4v) is 21.9. The molecule has 0 atom stereocenters. The second-order valence-corrected chi connectivity index (χ2v) is 26.4. The molecule has 0 N–H and O–H groups in total. The molecule has 3 heterocycles. The van der Waals surface area contributed by atoms with Crippen molar-refractivity contribution in [3.05, 3.63) is 273 Å². The van der Waals surface area contributed by atoms with Crippen LogP contribution in [0.3, 0.4) is 0 Å². The van der Waals surface area contributed by atoms with E-state index in [2.05, 4.69) is 287 Å². The van der Waals surface area contributed by atoms with Gasteiger partial charge in [-0.3, -0.25) is 0 Å². The Kier molecular flexibility index (Phi) is 9.39. The van der Waals surface area contributed by atoms with Gasteiger partial charge in [0, 0.05) is 0 Å². The molecule has 11 aromatic carbocycles. The predicted octanol–water partition coefficient (Wildman–Crippen LogP) is 14.0. The van der Waals surface area contributed by atoms with Crippen LogP contribution in [0.5, 0.6) is 0 Å². The monoisotopic (exact) mass is 953 g/mol. The fraction of sp³-hybridized carbons (Fsp3) is 0. The summed E-state index contributed by atoms with van der Waals surface area (Å²) in [6, 6.07) is 102. The van der Waals surface area contributed by atoms with Gasteiger partial charge in [-0.05, 0) is 0 Å². The van der Waals surface area contributed by atoms with E-state index in [0.29, 0.717) is 0 Å². The van der Waals surface area contributed by atoms with Crippen molar-refractivity contribution in [2.24, 2.45) is 0 Å². The van der Waals surface area contributed by atoms with Crippen molar-refractivity contribution in [2.75, 3.05) is 0 Å². The summed E-state index contributed by atoms with van der Waals surface area (Å²) in [5, 5.41) is 7.46. The van der Waals surface area contributed by atoms with Gasteiger partial charge in [-0.2, -0.15) is 0 Å². The van der Waals surface area contributed by atoms with E-state index in [4.69, 9.17) is 0 Å². The van der Waals surface area contributed by atoms with Gasteiger partial charge in [-0.1, -0.05) is 36.4 Å². The molecule has 70 heavy (non-hydrogen) atoms. The molecule has 0 aliphatic rings. The van der Waals surface area contributed by atoms with Crippen molar-refractivity contribution in [3.63, 3.8) is 0 Å². The van der Waals surface area contributed by atoms with Crippen LogP contribution in [0.4, 0.5) is 0 Å². The van der Waals surface area contributed by atoms with E-state index in [1.54, 1.807) is 0 Å². The summed E-state index contributed by atoms with van der Waals surface area (Å²) in [6.45, 7) is 0. The van der Waals surface area contributed by atoms with Gasteiger partial charge in [-0.15, -0.1) is 0 Å². The minimum absolute atomic E-state index is 1.13. The summed E-state index contributed by atoms with van der Waals surface area (Å²) < 4.78 is 13.0. The van der Waals surface area contributed by atoms with Crippen LogP contribution >= 0.6 is 0 Å². The summed E-state index contributed by atoms with van der Waals surface area (Å²) in [7, 11) is 0. The van der Waals surface area contributed by atoms with E-state index < -0.39 is 13.3 Å². The van der Waals surface area contributed by atoms with Crippen LogP contribution < -0.4 is 17.6 Å². The Hall–Kier alpha value is -8.64. The van der Waals surface area contributed by atoms with E-state index in [-0.39, 0.29) is 0 Å². The third-order valence-corrected chi connectivity index (χ3v) is 24.8. The Morgan fingerprint density at radius 2 is 0.543 bits per heavy atom. The zero-order valence-electron chi connectivity index (χ0n) is 38.3. The molecule has 0 bridgehead atoms. The molecule has 0 fully saturated rings. The van der Waals surface area contributed by atoms with Crippen LogP contribution in [0.2, 0.25) is 0 Å². The first-order chi connectivity index (χ1) is 34.8. The second kappa shape index (κ2) is 16.3. The molecule has 0 aliphatic carbocycles. The van der Waals surface area contributed by atoms with Crippen molar-refractivity contribution in [3.8, 4) is 28.2 Å². The van der Waals surface area contributed by atoms with Gasteiger partial charge >= 0.3 is 375 Å². The average molecular weight is 953 g/mol. The van der Waals surface area contributed by atoms with Gasteiger partial charge in [0.1, 0.15) is 0 Å². The van der Waals surface area contributed by atoms with Crippen LogP contribution in [0.15, 0.2) is 273 Å². The second-order valence-electron chi connectivity index (χ2n) is 18.4. The first-order valence-electron chi connectivity index (χ1n) is 24.2. The van der Waals surface area contributed by atoms with Crippen LogP contribution in [0.1, 0.15) is 0 Å². The summed E-state index contributed by atoms with van der Waals surface area (Å²) >= 11 is -3.67. The standard InChI is InChI=1S/C66H45GeN3/c1-4-22-46(23-5-1)67(47-24-6-2-7-25-47,48-26-8-3-9-27-48)49-40-42-65-57(44-49)58-45-50(68-59-34-16-10-28-51(59)52-29-11-17-35-60(52)68)41-43-66(58)70(65)64-39-21-15-33-56(64)55-32-14-20-38-63(55)69-61-36-18-12-30-53(61)54-31-13-19-37-62(54)69/h1-45H. The Morgan fingerprint density at radius 3 is 0.986 bits per heavy atom. The number of benzene rings is 11. The van der Waals surface area contributed by atoms with E-state index >= 15 is 0 Å². The molecule has 0 radical (unpaired) electrons. The summed E-state index contributed by atoms with van der Waals surface area (Å²) in [4.78, 5) is 0. The molecule has 4 heteroatoms. The van der Waals surface area contributed by atoms with Gasteiger partial charge in [0.25, 0.3) is 0 Å². The molecule has 0 aliphatic heterocycles. The average Bonchev–Trinajstić information content (AvgIpc) is 4.08. The SMILES string of the molecule is c1cc[c]([Ge]([c]2ccccc2)([c]2ccccc2)[c]2ccc3c(c2)c2cc(-n4c5ccccc5c5ccccc54)ccc2n3-c2ccccc2-c2ccccc2-n2c3ccccc3c3ccccc32)cc1. The normalized spacial score (nSPS) is 12.0. The number of nitrogens with zero attached hydrogens (tertiary/aromatic N) is 3. The van der Waals surface area contributed by atoms with Crippen molar-refractivity contribution in [1.29, 1.82) is 0 Å². The number of para-hydroxylation sites is 6. The number of hydrogen-bond donors (Lipinski definition) is 0. The Labute approximate surface area is 408 Å². The van der Waals surface area contributed by atoms with Gasteiger partial charge in [0.05, 0.1) is 0 Å². The van der Waals surface area contributed by atoms with Crippen LogP contribution in [0.25, 0.3) is 93.6 Å². The Balaban J connectivity index is 1.08. The molecule has 328 valence electrons. The summed E-state index contributed by atoms with van der Waals surface area (Å²) in [5.41, 5.74) is 12.9. The maximum absolute atomic E-state index is 3.67. The van der Waals surface area contributed by atoms with Crippen LogP contribution in [-0.2, 0) is 0 Å². The molecule has 0 saturated heterocycles. The molecule has 0 amide bonds. The molecule has 14 rings (SSSR count). The van der Waals surface area contributed by atoms with E-state index in [9.17, 15) is 0 Å². The molecule has 3 nitrogen and oxygen atoms in total. The summed E-state index contributed by atoms with van der Waals surface area (Å²) in [6.07, 6.45) is 0. The fourth-order valence-electron chi connectivity index (χ4n) is 11.9. The van der Waals surface area contributed by atoms with E-state index in [1.807, 2.05) is 0 Å². The van der Waals surface area contributed by atoms with Gasteiger partial charge in [-0.25, -0.2) is 0 Å². The van der Waals surface area contributed by atoms with Gasteiger partial charge < -0.3 is 0 Å². The van der Waals surface area contributed by atoms with Gasteiger partial charge in [0.2, 0.25) is 0 Å². The Morgan fingerprint density at radius 1 is 0.214 bits per heavy atom. The first kappa shape index (κ1) is 40.4.